The lowest BCUT2D eigenvalue weighted by Crippen LogP contribution is -2.45. The molecule has 246 valence electrons. The third-order valence-corrected chi connectivity index (χ3v) is 11.2. The number of nitrogens with one attached hydrogen (secondary N) is 1. The third-order valence-electron chi connectivity index (χ3n) is 8.05. The SMILES string of the molecule is Nc1nc2c(ncn2[C@@H]2O[C@@H]3COP(O)(=S)O[C@H]4[C@H]5OC[C@]4(COP(=O)(S)O[C@@H]2[C@@H]3O)O[C@H]5n2cnc3c(N)ncnc32)c(=O)[nH]1. The molecule has 4 saturated heterocycles. The molecule has 0 radical (unpaired) electrons. The molecular formula is C21H24N10O11P2S2. The molecule has 21 nitrogen and oxygen atoms in total. The smallest absolute Gasteiger partial charge is 0.386 e. The number of hydrogen-bond donors (Lipinski definition) is 6. The Bertz CT molecular complexity index is 2030. The van der Waals surface area contributed by atoms with Gasteiger partial charge in [0.05, 0.1) is 32.5 Å². The van der Waals surface area contributed by atoms with Gasteiger partial charge in [-0.05, 0) is 11.8 Å². The van der Waals surface area contributed by atoms with Crippen LogP contribution in [0.2, 0.25) is 0 Å². The van der Waals surface area contributed by atoms with E-state index < -0.39 is 80.9 Å². The summed E-state index contributed by atoms with van der Waals surface area (Å²) in [6, 6.07) is 0. The number of fused-ring (bicyclic) bond motifs is 4. The van der Waals surface area contributed by atoms with Gasteiger partial charge < -0.3 is 40.2 Å². The first kappa shape index (κ1) is 30.7. The lowest BCUT2D eigenvalue weighted by molar-refractivity contribution is -0.183. The van der Waals surface area contributed by atoms with Crippen molar-refractivity contribution in [3.05, 3.63) is 29.3 Å². The fourth-order valence-corrected chi connectivity index (χ4v) is 8.91. The van der Waals surface area contributed by atoms with Gasteiger partial charge in [-0.25, -0.2) is 24.5 Å². The van der Waals surface area contributed by atoms with Gasteiger partial charge in [-0.2, -0.15) is 4.98 Å². The highest BCUT2D eigenvalue weighted by atomic mass is 32.7. The first-order valence-electron chi connectivity index (χ1n) is 13.4. The van der Waals surface area contributed by atoms with Crippen molar-refractivity contribution in [1.29, 1.82) is 0 Å². The Morgan fingerprint density at radius 2 is 1.80 bits per heavy atom. The number of aromatic amines is 1. The van der Waals surface area contributed by atoms with Gasteiger partial charge in [-0.15, -0.1) is 0 Å². The van der Waals surface area contributed by atoms with Gasteiger partial charge >= 0.3 is 13.5 Å². The Labute approximate surface area is 266 Å². The summed E-state index contributed by atoms with van der Waals surface area (Å²) in [6.07, 6.45) is -4.56. The number of nitrogen functional groups attached to an aromatic ring is 2. The molecule has 0 saturated carbocycles. The van der Waals surface area contributed by atoms with Gasteiger partial charge in [0.15, 0.2) is 35.1 Å². The van der Waals surface area contributed by atoms with Crippen LogP contribution >= 0.6 is 25.8 Å². The molecule has 10 atom stereocenters. The molecule has 7 N–H and O–H groups in total. The van der Waals surface area contributed by atoms with E-state index >= 15 is 0 Å². The molecule has 0 spiro atoms. The lowest BCUT2D eigenvalue weighted by atomic mass is 10.0. The number of thiol groups is 1. The van der Waals surface area contributed by atoms with E-state index in [0.717, 1.165) is 0 Å². The average molecular weight is 719 g/mol. The summed E-state index contributed by atoms with van der Waals surface area (Å²) in [4.78, 5) is 46.5. The van der Waals surface area contributed by atoms with Crippen LogP contribution in [0.15, 0.2) is 23.8 Å². The number of aromatic nitrogens is 8. The van der Waals surface area contributed by atoms with Crippen molar-refractivity contribution in [2.45, 2.75) is 48.6 Å². The van der Waals surface area contributed by atoms with Crippen LogP contribution in [0, 0.1) is 0 Å². The predicted molar refractivity (Wildman–Crippen MR) is 160 cm³/mol. The second-order valence-corrected chi connectivity index (χ2v) is 16.5. The maximum absolute atomic E-state index is 13.7. The summed E-state index contributed by atoms with van der Waals surface area (Å²) in [7, 11) is 0. The van der Waals surface area contributed by atoms with Crippen LogP contribution in [0.1, 0.15) is 12.5 Å². The number of anilines is 2. The maximum Gasteiger partial charge on any atom is 0.386 e. The molecule has 4 aliphatic rings. The van der Waals surface area contributed by atoms with Crippen LogP contribution in [-0.2, 0) is 48.7 Å². The number of nitrogens with two attached hydrogens (primary N) is 2. The zero-order chi connectivity index (χ0) is 32.2. The van der Waals surface area contributed by atoms with E-state index in [0.29, 0.717) is 11.2 Å². The molecule has 4 aromatic heterocycles. The Morgan fingerprint density at radius 1 is 1.04 bits per heavy atom. The molecule has 46 heavy (non-hydrogen) atoms. The molecule has 4 fully saturated rings. The highest BCUT2D eigenvalue weighted by Crippen LogP contribution is 2.61. The summed E-state index contributed by atoms with van der Waals surface area (Å²) >= 11 is 9.51. The minimum atomic E-state index is -4.36. The van der Waals surface area contributed by atoms with Crippen molar-refractivity contribution in [3.8, 4) is 0 Å². The first-order chi connectivity index (χ1) is 21.8. The number of ether oxygens (including phenoxy) is 3. The molecule has 8 heterocycles. The molecule has 4 bridgehead atoms. The topological polar surface area (TPSA) is 281 Å². The van der Waals surface area contributed by atoms with Gasteiger partial charge in [-0.1, -0.05) is 12.2 Å². The van der Waals surface area contributed by atoms with Crippen LogP contribution in [-0.4, -0.2) is 105 Å². The molecule has 4 aliphatic heterocycles. The minimum Gasteiger partial charge on any atom is -0.387 e. The second-order valence-electron chi connectivity index (χ2n) is 10.9. The van der Waals surface area contributed by atoms with Crippen LogP contribution < -0.4 is 17.0 Å². The van der Waals surface area contributed by atoms with E-state index in [1.165, 1.54) is 23.5 Å². The molecule has 4 aromatic rings. The van der Waals surface area contributed by atoms with Gasteiger partial charge in [-0.3, -0.25) is 32.5 Å². The van der Waals surface area contributed by atoms with Crippen molar-refractivity contribution >= 4 is 71.7 Å². The minimum absolute atomic E-state index is 0.0133. The maximum atomic E-state index is 13.7. The summed E-state index contributed by atoms with van der Waals surface area (Å²) in [5, 5.41) is 11.2. The number of nitrogens with zero attached hydrogens (tertiary/aromatic N) is 7. The molecule has 0 aliphatic carbocycles. The quantitative estimate of drug-likeness (QED) is 0.108. The summed E-state index contributed by atoms with van der Waals surface area (Å²) in [5.74, 6) is -0.0633. The van der Waals surface area contributed by atoms with E-state index in [9.17, 15) is 19.4 Å². The average Bonchev–Trinajstić information content (AvgIpc) is 3.80. The van der Waals surface area contributed by atoms with Gasteiger partial charge in [0.2, 0.25) is 5.95 Å². The Balaban J connectivity index is 1.14. The zero-order valence-electron chi connectivity index (χ0n) is 23.0. The van der Waals surface area contributed by atoms with Crippen molar-refractivity contribution < 1.29 is 46.9 Å². The summed E-state index contributed by atoms with van der Waals surface area (Å²) in [5.41, 5.74) is 10.1. The normalized spacial score (nSPS) is 39.7. The number of hydrogen-bond acceptors (Lipinski definition) is 18. The zero-order valence-corrected chi connectivity index (χ0v) is 26.5. The summed E-state index contributed by atoms with van der Waals surface area (Å²) < 4.78 is 58.1. The number of imidazole rings is 2. The van der Waals surface area contributed by atoms with E-state index in [4.69, 9.17) is 55.6 Å². The number of H-pyrrole nitrogens is 1. The van der Waals surface area contributed by atoms with Crippen LogP contribution in [0.3, 0.4) is 0 Å². The molecule has 25 heteroatoms. The molecule has 8 rings (SSSR count). The molecule has 0 aromatic carbocycles. The van der Waals surface area contributed by atoms with E-state index in [1.54, 1.807) is 4.57 Å². The largest absolute Gasteiger partial charge is 0.387 e. The molecule has 2 unspecified atom stereocenters. The number of aliphatic hydroxyl groups excluding tert-OH is 1. The van der Waals surface area contributed by atoms with Crippen LogP contribution in [0.5, 0.6) is 0 Å². The first-order valence-corrected chi connectivity index (χ1v) is 18.7. The standard InChI is InChI=1S/C21H24N10O11P2S2/c22-14-8-15(25-4-24-14)30(5-26-8)19-12-13-21(40-19,2-36-12)3-38-44(35,46)41-11-10(32)7(1-37-43(34,45)42-13)39-18(11)31-6-27-9-16(31)28-20(23)29-17(9)33/h4-7,10-13,18-19,32H,1-3H2,(H,34,45)(H,35,46)(H2,22,24,25)(H3,23,28,29,33)/t7-,10-,11-,12-,13+,18-,19-,21-,43?,44?/m1/s1. The second kappa shape index (κ2) is 10.7. The Morgan fingerprint density at radius 3 is 2.61 bits per heavy atom. The lowest BCUT2D eigenvalue weighted by Gasteiger charge is -2.33. The van der Waals surface area contributed by atoms with Gasteiger partial charge in [0.25, 0.3) is 5.56 Å². The van der Waals surface area contributed by atoms with E-state index in [1.807, 2.05) is 0 Å². The van der Waals surface area contributed by atoms with E-state index in [-0.39, 0.29) is 29.5 Å². The molecule has 0 amide bonds. The third kappa shape index (κ3) is 4.89. The fraction of sp³-hybridized carbons (Fsp3) is 0.524. The van der Waals surface area contributed by atoms with Crippen molar-refractivity contribution in [1.82, 2.24) is 39.0 Å². The van der Waals surface area contributed by atoms with Crippen LogP contribution in [0.4, 0.5) is 11.8 Å². The van der Waals surface area contributed by atoms with Crippen molar-refractivity contribution in [3.63, 3.8) is 0 Å². The number of aliphatic hydroxyl groups is 1. The number of rotatable bonds is 2. The van der Waals surface area contributed by atoms with Crippen LogP contribution in [0.25, 0.3) is 22.3 Å². The fourth-order valence-electron chi connectivity index (χ4n) is 5.97. The highest BCUT2D eigenvalue weighted by molar-refractivity contribution is 8.44. The highest BCUT2D eigenvalue weighted by Gasteiger charge is 2.65. The van der Waals surface area contributed by atoms with Crippen molar-refractivity contribution in [2.75, 3.05) is 31.3 Å². The Kier molecular flexibility index (Phi) is 7.13. The summed E-state index contributed by atoms with van der Waals surface area (Å²) in [6.45, 7) is -9.59. The Hall–Kier alpha value is -2.63. The monoisotopic (exact) mass is 718 g/mol. The van der Waals surface area contributed by atoms with E-state index in [2.05, 4.69) is 42.2 Å². The van der Waals surface area contributed by atoms with Crippen molar-refractivity contribution in [2.24, 2.45) is 0 Å². The molecular weight excluding hydrogens is 694 g/mol. The predicted octanol–water partition coefficient (Wildman–Crippen LogP) is -0.880. The van der Waals surface area contributed by atoms with Gasteiger partial charge in [0.1, 0.15) is 48.0 Å². The van der Waals surface area contributed by atoms with Gasteiger partial charge in [0, 0.05) is 0 Å².